The van der Waals surface area contributed by atoms with E-state index in [1.807, 2.05) is 4.90 Å². The Balaban J connectivity index is 1.46. The fourth-order valence-electron chi connectivity index (χ4n) is 3.82. The number of primary sulfonamides is 1. The van der Waals surface area contributed by atoms with Gasteiger partial charge in [-0.25, -0.2) is 13.6 Å². The number of likely N-dealkylation sites (tertiary alicyclic amines) is 1. The van der Waals surface area contributed by atoms with E-state index in [1.165, 1.54) is 6.07 Å². The zero-order chi connectivity index (χ0) is 19.9. The van der Waals surface area contributed by atoms with Gasteiger partial charge in [0.05, 0.1) is 11.4 Å². The van der Waals surface area contributed by atoms with Crippen molar-refractivity contribution in [2.75, 3.05) is 31.1 Å². The highest BCUT2D eigenvalue weighted by molar-refractivity contribution is 7.89. The number of amides is 1. The number of nitrogens with two attached hydrogens (primary N) is 1. The third-order valence-corrected chi connectivity index (χ3v) is 6.25. The Bertz CT molecular complexity index is 1040. The molecule has 0 unspecified atom stereocenters. The molecule has 3 N–H and O–H groups in total. The van der Waals surface area contributed by atoms with E-state index in [0.29, 0.717) is 24.2 Å². The summed E-state index contributed by atoms with van der Waals surface area (Å²) in [6.45, 7) is 2.30. The number of hydrogen-bond donors (Lipinski definition) is 2. The second-order valence-electron chi connectivity index (χ2n) is 7.23. The van der Waals surface area contributed by atoms with Gasteiger partial charge in [0.15, 0.2) is 5.78 Å². The van der Waals surface area contributed by atoms with Crippen LogP contribution < -0.4 is 10.0 Å². The van der Waals surface area contributed by atoms with E-state index in [9.17, 15) is 18.0 Å². The number of anilines is 1. The minimum Gasteiger partial charge on any atom is -0.363 e. The number of nitrogens with zero attached hydrogens (tertiary/aromatic N) is 2. The number of rotatable bonds is 5. The smallest absolute Gasteiger partial charge is 0.270 e. The normalized spacial score (nSPS) is 16.5. The van der Waals surface area contributed by atoms with Crippen LogP contribution in [-0.4, -0.2) is 56.2 Å². The molecule has 3 heterocycles. The number of aromatic amines is 1. The predicted molar refractivity (Wildman–Crippen MR) is 104 cm³/mol. The number of ketones is 1. The van der Waals surface area contributed by atoms with Crippen LogP contribution in [0.5, 0.6) is 0 Å². The quantitative estimate of drug-likeness (QED) is 0.728. The molecule has 1 aromatic carbocycles. The fourth-order valence-corrected chi connectivity index (χ4v) is 4.39. The van der Waals surface area contributed by atoms with Crippen molar-refractivity contribution in [3.63, 3.8) is 0 Å². The van der Waals surface area contributed by atoms with Gasteiger partial charge in [0.25, 0.3) is 5.91 Å². The molecular weight excluding hydrogens is 380 g/mol. The van der Waals surface area contributed by atoms with E-state index in [2.05, 4.69) is 4.98 Å². The summed E-state index contributed by atoms with van der Waals surface area (Å²) >= 11 is 0. The Morgan fingerprint density at radius 1 is 1.11 bits per heavy atom. The van der Waals surface area contributed by atoms with Crippen molar-refractivity contribution in [3.05, 3.63) is 47.3 Å². The molecule has 0 aliphatic carbocycles. The Kier molecular flexibility index (Phi) is 4.72. The first kappa shape index (κ1) is 18.7. The molecule has 28 heavy (non-hydrogen) atoms. The molecule has 8 nitrogen and oxygen atoms in total. The second-order valence-corrected chi connectivity index (χ2v) is 8.79. The average molecular weight is 402 g/mol. The van der Waals surface area contributed by atoms with Gasteiger partial charge < -0.3 is 14.8 Å². The minimum absolute atomic E-state index is 0.0707. The highest BCUT2D eigenvalue weighted by atomic mass is 32.2. The van der Waals surface area contributed by atoms with E-state index >= 15 is 0 Å². The maximum atomic E-state index is 12.7. The molecule has 0 bridgehead atoms. The molecule has 1 saturated heterocycles. The largest absolute Gasteiger partial charge is 0.363 e. The first-order chi connectivity index (χ1) is 13.3. The molecule has 1 aromatic heterocycles. The van der Waals surface area contributed by atoms with Gasteiger partial charge in [0, 0.05) is 37.1 Å². The third kappa shape index (κ3) is 3.55. The van der Waals surface area contributed by atoms with Gasteiger partial charge in [-0.05, 0) is 49.1 Å². The summed E-state index contributed by atoms with van der Waals surface area (Å²) < 4.78 is 23.0. The number of aromatic nitrogens is 1. The summed E-state index contributed by atoms with van der Waals surface area (Å²) in [6, 6.07) is 6.33. The van der Waals surface area contributed by atoms with Gasteiger partial charge in [0.2, 0.25) is 10.0 Å². The summed E-state index contributed by atoms with van der Waals surface area (Å²) in [5, 5.41) is 5.18. The average Bonchev–Trinajstić information content (AvgIpc) is 3.41. The molecule has 1 amide bonds. The van der Waals surface area contributed by atoms with E-state index in [4.69, 9.17) is 5.14 Å². The van der Waals surface area contributed by atoms with Crippen LogP contribution in [0, 0.1) is 0 Å². The van der Waals surface area contributed by atoms with Gasteiger partial charge >= 0.3 is 0 Å². The topological polar surface area (TPSA) is 117 Å². The Labute approximate surface area is 163 Å². The first-order valence-corrected chi connectivity index (χ1v) is 10.8. The van der Waals surface area contributed by atoms with Crippen molar-refractivity contribution in [1.82, 2.24) is 9.88 Å². The SMILES string of the molecule is NS(=O)(=O)c1ccc2c(c1)CCN2CC(=O)c1c[nH]c(C(=O)N2CCCC2)c1. The molecule has 148 valence electrons. The van der Waals surface area contributed by atoms with Crippen LogP contribution >= 0.6 is 0 Å². The Morgan fingerprint density at radius 3 is 2.57 bits per heavy atom. The molecule has 0 atom stereocenters. The maximum Gasteiger partial charge on any atom is 0.270 e. The first-order valence-electron chi connectivity index (χ1n) is 9.24. The lowest BCUT2D eigenvalue weighted by atomic mass is 10.1. The Hall–Kier alpha value is -2.65. The van der Waals surface area contributed by atoms with Crippen LogP contribution in [0.4, 0.5) is 5.69 Å². The lowest BCUT2D eigenvalue weighted by Crippen LogP contribution is -2.28. The lowest BCUT2D eigenvalue weighted by Gasteiger charge is -2.18. The molecule has 2 aliphatic rings. The monoisotopic (exact) mass is 402 g/mol. The number of hydrogen-bond acceptors (Lipinski definition) is 5. The number of H-pyrrole nitrogens is 1. The van der Waals surface area contributed by atoms with Gasteiger partial charge in [-0.2, -0.15) is 0 Å². The second kappa shape index (κ2) is 7.06. The number of carbonyl (C=O) groups excluding carboxylic acids is 2. The van der Waals surface area contributed by atoms with Gasteiger partial charge in [0.1, 0.15) is 5.69 Å². The molecule has 0 spiro atoms. The van der Waals surface area contributed by atoms with Crippen LogP contribution in [-0.2, 0) is 16.4 Å². The zero-order valence-electron chi connectivity index (χ0n) is 15.3. The van der Waals surface area contributed by atoms with Crippen molar-refractivity contribution < 1.29 is 18.0 Å². The van der Waals surface area contributed by atoms with Crippen LogP contribution in [0.3, 0.4) is 0 Å². The van der Waals surface area contributed by atoms with Crippen LogP contribution in [0.2, 0.25) is 0 Å². The van der Waals surface area contributed by atoms with Gasteiger partial charge in [-0.15, -0.1) is 0 Å². The highest BCUT2D eigenvalue weighted by Gasteiger charge is 2.25. The van der Waals surface area contributed by atoms with Crippen molar-refractivity contribution in [2.24, 2.45) is 5.14 Å². The predicted octanol–water partition coefficient (Wildman–Crippen LogP) is 1.14. The summed E-state index contributed by atoms with van der Waals surface area (Å²) in [7, 11) is -3.75. The summed E-state index contributed by atoms with van der Waals surface area (Å²) in [5.74, 6) is -0.168. The van der Waals surface area contributed by atoms with Crippen LogP contribution in [0.25, 0.3) is 0 Å². The van der Waals surface area contributed by atoms with E-state index < -0.39 is 10.0 Å². The standard InChI is InChI=1S/C19H22N4O4S/c20-28(26,27)15-3-4-17-13(9-15)5-8-23(17)12-18(24)14-10-16(21-11-14)19(25)22-6-1-2-7-22/h3-4,9-11,21H,1-2,5-8,12H2,(H2,20,26,27). The third-order valence-electron chi connectivity index (χ3n) is 5.33. The number of nitrogens with one attached hydrogen (secondary N) is 1. The molecule has 4 rings (SSSR count). The molecule has 1 fully saturated rings. The van der Waals surface area contributed by atoms with Crippen LogP contribution in [0.1, 0.15) is 39.3 Å². The van der Waals surface area contributed by atoms with Gasteiger partial charge in [-0.1, -0.05) is 0 Å². The number of benzene rings is 1. The van der Waals surface area contributed by atoms with Crippen molar-refractivity contribution in [1.29, 1.82) is 0 Å². The molecule has 2 aromatic rings. The van der Waals surface area contributed by atoms with Crippen molar-refractivity contribution >= 4 is 27.4 Å². The van der Waals surface area contributed by atoms with E-state index in [1.54, 1.807) is 29.3 Å². The van der Waals surface area contributed by atoms with Crippen LogP contribution in [0.15, 0.2) is 35.4 Å². The lowest BCUT2D eigenvalue weighted by molar-refractivity contribution is 0.0787. The molecule has 0 radical (unpaired) electrons. The van der Waals surface area contributed by atoms with Crippen molar-refractivity contribution in [3.8, 4) is 0 Å². The van der Waals surface area contributed by atoms with Crippen molar-refractivity contribution in [2.45, 2.75) is 24.2 Å². The molecule has 2 aliphatic heterocycles. The van der Waals surface area contributed by atoms with E-state index in [-0.39, 0.29) is 23.1 Å². The summed E-state index contributed by atoms with van der Waals surface area (Å²) in [6.07, 6.45) is 4.25. The van der Waals surface area contributed by atoms with E-state index in [0.717, 1.165) is 37.2 Å². The molecular formula is C19H22N4O4S. The Morgan fingerprint density at radius 2 is 1.86 bits per heavy atom. The number of sulfonamides is 1. The summed E-state index contributed by atoms with van der Waals surface area (Å²) in [5.41, 5.74) is 2.60. The van der Waals surface area contributed by atoms with Gasteiger partial charge in [-0.3, -0.25) is 9.59 Å². The number of Topliss-reactive ketones (excluding diaryl/α,β-unsaturated/α-hetero) is 1. The minimum atomic E-state index is -3.75. The molecule has 0 saturated carbocycles. The fraction of sp³-hybridized carbons (Fsp3) is 0.368. The number of fused-ring (bicyclic) bond motifs is 1. The highest BCUT2D eigenvalue weighted by Crippen LogP contribution is 2.30. The zero-order valence-corrected chi connectivity index (χ0v) is 16.2. The molecule has 9 heteroatoms. The maximum absolute atomic E-state index is 12.7. The number of carbonyl (C=O) groups is 2. The summed E-state index contributed by atoms with van der Waals surface area (Å²) in [4.78, 5) is 31.8.